The Morgan fingerprint density at radius 2 is 1.26 bits per heavy atom. The van der Waals surface area contributed by atoms with Crippen molar-refractivity contribution in [2.24, 2.45) is 39.4 Å². The minimum absolute atomic E-state index is 0.0378. The van der Waals surface area contributed by atoms with Gasteiger partial charge in [0, 0.05) is 47.8 Å². The number of hydrogen-bond acceptors (Lipinski definition) is 9. The maximum absolute atomic E-state index is 14.1. The Hall–Kier alpha value is -5.12. The number of benzene rings is 3. The molecular weight excluding hydrogens is 829 g/mol. The van der Waals surface area contributed by atoms with E-state index in [9.17, 15) is 24.3 Å². The van der Waals surface area contributed by atoms with Crippen LogP contribution in [-0.4, -0.2) is 63.9 Å². The van der Waals surface area contributed by atoms with Gasteiger partial charge in [-0.05, 0) is 110 Å². The van der Waals surface area contributed by atoms with Crippen molar-refractivity contribution in [2.45, 2.75) is 142 Å². The summed E-state index contributed by atoms with van der Waals surface area (Å²) in [5.41, 5.74) is -1.93. The van der Waals surface area contributed by atoms with Crippen molar-refractivity contribution in [1.29, 1.82) is 0 Å². The smallest absolute Gasteiger partial charge is 0.331 e. The maximum atomic E-state index is 14.1. The molecule has 0 aromatic heterocycles. The Bertz CT molecular complexity index is 2380. The molecule has 5 fully saturated rings. The summed E-state index contributed by atoms with van der Waals surface area (Å²) in [6.07, 6.45) is 11.8. The summed E-state index contributed by atoms with van der Waals surface area (Å²) in [5.74, 6) is -1.59. The summed E-state index contributed by atoms with van der Waals surface area (Å²) < 4.78 is 26.4. The molecule has 4 saturated carbocycles. The number of epoxide rings is 1. The standard InChI is InChI=1S/C57H68O9/c1-38(36-42(63-46(59)27-24-39-18-12-9-13-19-39)50(52(4,5)62)65-48(61)29-26-41-22-16-11-17-23-41)56-35-34-55(8)54(7)33-30-44-51(2,3)45(58)31-32-53(44,6)49(54)43(37-57(55,56)66-56)64-47(60)28-25-40-20-14-10-15-21-40/h9-29,38,42-44,49-50,62H,30-37H2,1-8H3/b27-24+,28-25+,29-26+/t38-,42+,43+,44+,49+,50-,53+,54+,55-,56-,57-/m1/s1. The van der Waals surface area contributed by atoms with Crippen LogP contribution in [0.15, 0.2) is 109 Å². The third-order valence-electron chi connectivity index (χ3n) is 17.5. The van der Waals surface area contributed by atoms with Gasteiger partial charge in [0.15, 0.2) is 6.10 Å². The van der Waals surface area contributed by atoms with E-state index in [2.05, 4.69) is 41.5 Å². The van der Waals surface area contributed by atoms with Crippen molar-refractivity contribution in [3.63, 3.8) is 0 Å². The first-order valence-corrected chi connectivity index (χ1v) is 24.0. The third-order valence-corrected chi connectivity index (χ3v) is 17.5. The van der Waals surface area contributed by atoms with E-state index in [0.29, 0.717) is 18.6 Å². The lowest BCUT2D eigenvalue weighted by atomic mass is 9.34. The van der Waals surface area contributed by atoms with E-state index in [0.717, 1.165) is 48.8 Å². The molecule has 1 saturated heterocycles. The SMILES string of the molecule is C[C@H](C[C@H](OC(=O)/C=C/c1ccccc1)[C@@H](OC(=O)/C=C/c1ccccc1)C(C)(C)O)[C@]12CC[C@@]3(C)[C@@]1(C[C@H](OC(=O)/C=C/c1ccccc1)[C@H]1[C@@]4(C)CCC(=O)C(C)(C)[C@@H]4CC[C@@]13C)O2. The van der Waals surface area contributed by atoms with Crippen LogP contribution in [0, 0.1) is 39.4 Å². The van der Waals surface area contributed by atoms with Crippen molar-refractivity contribution in [3.8, 4) is 0 Å². The highest BCUT2D eigenvalue weighted by molar-refractivity contribution is 5.89. The molecule has 350 valence electrons. The largest absolute Gasteiger partial charge is 0.459 e. The number of Topliss-reactive ketones (excluding diaryl/α,β-unsaturated/α-hetero) is 1. The van der Waals surface area contributed by atoms with Gasteiger partial charge in [0.2, 0.25) is 0 Å². The van der Waals surface area contributed by atoms with Gasteiger partial charge in [0.05, 0.1) is 5.60 Å². The van der Waals surface area contributed by atoms with Crippen molar-refractivity contribution >= 4 is 41.9 Å². The fourth-order valence-electron chi connectivity index (χ4n) is 14.1. The molecular formula is C57H68O9. The summed E-state index contributed by atoms with van der Waals surface area (Å²) in [6, 6.07) is 28.5. The fourth-order valence-corrected chi connectivity index (χ4v) is 14.1. The quantitative estimate of drug-likeness (QED) is 0.0728. The van der Waals surface area contributed by atoms with Crippen LogP contribution in [0.25, 0.3) is 18.2 Å². The zero-order valence-corrected chi connectivity index (χ0v) is 40.0. The Kier molecular flexibility index (Phi) is 12.6. The molecule has 5 aliphatic rings. The maximum Gasteiger partial charge on any atom is 0.331 e. The molecule has 3 aromatic rings. The monoisotopic (exact) mass is 896 g/mol. The topological polar surface area (TPSA) is 129 Å². The molecule has 1 N–H and O–H groups in total. The molecule has 0 amide bonds. The van der Waals surface area contributed by atoms with Crippen molar-refractivity contribution < 1.29 is 43.2 Å². The number of carbonyl (C=O) groups is 4. The van der Waals surface area contributed by atoms with Gasteiger partial charge in [-0.15, -0.1) is 0 Å². The van der Waals surface area contributed by atoms with E-state index in [1.165, 1.54) is 18.2 Å². The molecule has 9 nitrogen and oxygen atoms in total. The lowest BCUT2D eigenvalue weighted by Gasteiger charge is -2.69. The average molecular weight is 897 g/mol. The van der Waals surface area contributed by atoms with Gasteiger partial charge in [-0.3, -0.25) is 4.79 Å². The van der Waals surface area contributed by atoms with Crippen LogP contribution in [0.2, 0.25) is 0 Å². The van der Waals surface area contributed by atoms with Crippen LogP contribution in [0.5, 0.6) is 0 Å². The second kappa shape index (κ2) is 17.5. The second-order valence-electron chi connectivity index (χ2n) is 21.8. The predicted octanol–water partition coefficient (Wildman–Crippen LogP) is 10.8. The number of ketones is 1. The number of esters is 3. The third kappa shape index (κ3) is 8.22. The Morgan fingerprint density at radius 3 is 1.79 bits per heavy atom. The van der Waals surface area contributed by atoms with E-state index in [4.69, 9.17) is 18.9 Å². The average Bonchev–Trinajstić information content (AvgIpc) is 3.87. The van der Waals surface area contributed by atoms with Gasteiger partial charge in [0.25, 0.3) is 0 Å². The molecule has 8 rings (SSSR count). The first-order chi connectivity index (χ1) is 31.2. The summed E-state index contributed by atoms with van der Waals surface area (Å²) in [5, 5.41) is 11.7. The number of carbonyl (C=O) groups excluding carboxylic acids is 4. The van der Waals surface area contributed by atoms with Gasteiger partial charge in [-0.1, -0.05) is 133 Å². The van der Waals surface area contributed by atoms with E-state index < -0.39 is 58.4 Å². The Balaban J connectivity index is 1.13. The molecule has 1 aliphatic heterocycles. The number of aliphatic hydroxyl groups is 1. The highest BCUT2D eigenvalue weighted by atomic mass is 16.6. The molecule has 11 atom stereocenters. The Labute approximate surface area is 391 Å². The molecule has 0 unspecified atom stereocenters. The van der Waals surface area contributed by atoms with Crippen LogP contribution < -0.4 is 0 Å². The minimum atomic E-state index is -1.62. The van der Waals surface area contributed by atoms with Crippen molar-refractivity contribution in [2.75, 3.05) is 0 Å². The van der Waals surface area contributed by atoms with Crippen LogP contribution in [0.4, 0.5) is 0 Å². The van der Waals surface area contributed by atoms with Gasteiger partial charge >= 0.3 is 17.9 Å². The Morgan fingerprint density at radius 1 is 0.742 bits per heavy atom. The number of ether oxygens (including phenoxy) is 4. The van der Waals surface area contributed by atoms with Crippen LogP contribution in [0.1, 0.15) is 123 Å². The first-order valence-electron chi connectivity index (χ1n) is 24.0. The molecule has 4 aliphatic carbocycles. The van der Waals surface area contributed by atoms with E-state index in [-0.39, 0.29) is 40.4 Å². The fraction of sp³-hybridized carbons (Fsp3) is 0.509. The minimum Gasteiger partial charge on any atom is -0.459 e. The summed E-state index contributed by atoms with van der Waals surface area (Å²) in [4.78, 5) is 55.0. The van der Waals surface area contributed by atoms with Crippen molar-refractivity contribution in [3.05, 3.63) is 126 Å². The summed E-state index contributed by atoms with van der Waals surface area (Å²) >= 11 is 0. The molecule has 66 heavy (non-hydrogen) atoms. The van der Waals surface area contributed by atoms with Gasteiger partial charge in [-0.2, -0.15) is 0 Å². The molecule has 9 heteroatoms. The molecule has 0 bridgehead atoms. The molecule has 1 spiro atoms. The lowest BCUT2D eigenvalue weighted by Crippen LogP contribution is -2.69. The number of rotatable bonds is 14. The molecule has 0 radical (unpaired) electrons. The van der Waals surface area contributed by atoms with E-state index in [1.807, 2.05) is 91.0 Å². The van der Waals surface area contributed by atoms with Gasteiger partial charge in [-0.25, -0.2) is 14.4 Å². The van der Waals surface area contributed by atoms with Crippen LogP contribution >= 0.6 is 0 Å². The van der Waals surface area contributed by atoms with Crippen molar-refractivity contribution in [1.82, 2.24) is 0 Å². The van der Waals surface area contributed by atoms with Crippen LogP contribution in [-0.2, 0) is 38.1 Å². The van der Waals surface area contributed by atoms with Gasteiger partial charge in [0.1, 0.15) is 29.2 Å². The summed E-state index contributed by atoms with van der Waals surface area (Å²) in [7, 11) is 0. The van der Waals surface area contributed by atoms with Gasteiger partial charge < -0.3 is 24.1 Å². The zero-order chi connectivity index (χ0) is 47.3. The summed E-state index contributed by atoms with van der Waals surface area (Å²) in [6.45, 7) is 16.6. The highest BCUT2D eigenvalue weighted by Gasteiger charge is 2.89. The zero-order valence-electron chi connectivity index (χ0n) is 40.0. The normalized spacial score (nSPS) is 33.5. The number of fused-ring (bicyclic) bond motifs is 4. The number of hydrogen-bond donors (Lipinski definition) is 1. The molecule has 3 aromatic carbocycles. The van der Waals surface area contributed by atoms with E-state index >= 15 is 0 Å². The molecule has 1 heterocycles. The van der Waals surface area contributed by atoms with E-state index in [1.54, 1.807) is 32.1 Å². The highest BCUT2D eigenvalue weighted by Crippen LogP contribution is 2.84. The first kappa shape index (κ1) is 47.4. The predicted molar refractivity (Wildman–Crippen MR) is 255 cm³/mol. The van der Waals surface area contributed by atoms with Crippen LogP contribution in [0.3, 0.4) is 0 Å². The lowest BCUT2D eigenvalue weighted by molar-refractivity contribution is -0.247. The second-order valence-corrected chi connectivity index (χ2v) is 21.8.